The van der Waals surface area contributed by atoms with Gasteiger partial charge < -0.3 is 16.4 Å². The highest BCUT2D eigenvalue weighted by Gasteiger charge is 2.28. The molecule has 6 nitrogen and oxygen atoms in total. The van der Waals surface area contributed by atoms with Gasteiger partial charge in [-0.3, -0.25) is 4.79 Å². The molecule has 1 amide bonds. The Morgan fingerprint density at radius 1 is 1.33 bits per heavy atom. The number of anilines is 2. The Kier molecular flexibility index (Phi) is 4.07. The fraction of sp³-hybridized carbons (Fsp3) is 0.667. The quantitative estimate of drug-likeness (QED) is 0.857. The molecule has 2 heterocycles. The number of hydrogen-bond acceptors (Lipinski definition) is 5. The minimum Gasteiger partial charge on any atom is -0.383 e. The van der Waals surface area contributed by atoms with E-state index in [1.54, 1.807) is 0 Å². The minimum absolute atomic E-state index is 0.118. The molecule has 21 heavy (non-hydrogen) atoms. The van der Waals surface area contributed by atoms with Crippen molar-refractivity contribution in [3.05, 3.63) is 11.4 Å². The highest BCUT2D eigenvalue weighted by atomic mass is 16.1. The lowest BCUT2D eigenvalue weighted by atomic mass is 9.95. The van der Waals surface area contributed by atoms with Crippen LogP contribution in [0.3, 0.4) is 0 Å². The fourth-order valence-corrected chi connectivity index (χ4v) is 2.57. The number of nitrogens with two attached hydrogens (primary N) is 2. The lowest BCUT2D eigenvalue weighted by Gasteiger charge is -2.34. The second-order valence-electron chi connectivity index (χ2n) is 6.82. The number of amides is 1. The molecule has 0 aliphatic carbocycles. The van der Waals surface area contributed by atoms with Gasteiger partial charge in [-0.25, -0.2) is 9.97 Å². The predicted molar refractivity (Wildman–Crippen MR) is 84.0 cm³/mol. The van der Waals surface area contributed by atoms with E-state index in [1.807, 2.05) is 6.92 Å². The summed E-state index contributed by atoms with van der Waals surface area (Å²) in [5.74, 6) is 1.70. The highest BCUT2D eigenvalue weighted by molar-refractivity contribution is 5.77. The van der Waals surface area contributed by atoms with Gasteiger partial charge in [-0.1, -0.05) is 20.8 Å². The van der Waals surface area contributed by atoms with Crippen molar-refractivity contribution in [1.29, 1.82) is 0 Å². The van der Waals surface area contributed by atoms with Gasteiger partial charge in [0.15, 0.2) is 0 Å². The third-order valence-electron chi connectivity index (χ3n) is 3.95. The van der Waals surface area contributed by atoms with Crippen molar-refractivity contribution >= 4 is 17.5 Å². The van der Waals surface area contributed by atoms with Crippen molar-refractivity contribution in [2.45, 2.75) is 46.0 Å². The molecule has 0 spiro atoms. The molecule has 0 saturated carbocycles. The van der Waals surface area contributed by atoms with Crippen LogP contribution in [0.5, 0.6) is 0 Å². The van der Waals surface area contributed by atoms with Crippen LogP contribution in [0.15, 0.2) is 0 Å². The number of rotatable bonds is 2. The summed E-state index contributed by atoms with van der Waals surface area (Å²) in [6.45, 7) is 9.57. The average molecular weight is 291 g/mol. The third-order valence-corrected chi connectivity index (χ3v) is 3.95. The molecule has 0 radical (unpaired) electrons. The second-order valence-corrected chi connectivity index (χ2v) is 6.82. The Hall–Kier alpha value is -1.85. The number of nitrogens with zero attached hydrogens (tertiary/aromatic N) is 3. The number of hydrogen-bond donors (Lipinski definition) is 2. The van der Waals surface area contributed by atoms with Gasteiger partial charge in [0.2, 0.25) is 5.91 Å². The summed E-state index contributed by atoms with van der Waals surface area (Å²) in [6.07, 6.45) is 1.78. The number of carbonyl (C=O) groups is 1. The first-order valence-corrected chi connectivity index (χ1v) is 7.39. The molecular formula is C15H25N5O. The van der Waals surface area contributed by atoms with Gasteiger partial charge in [0.05, 0.1) is 5.92 Å². The maximum absolute atomic E-state index is 11.4. The molecule has 1 aromatic rings. The van der Waals surface area contributed by atoms with Crippen LogP contribution >= 0.6 is 0 Å². The Labute approximate surface area is 125 Å². The lowest BCUT2D eigenvalue weighted by Crippen LogP contribution is -2.42. The van der Waals surface area contributed by atoms with Crippen LogP contribution in [0.1, 0.15) is 45.0 Å². The van der Waals surface area contributed by atoms with Crippen LogP contribution in [0.25, 0.3) is 0 Å². The van der Waals surface area contributed by atoms with Crippen molar-refractivity contribution < 1.29 is 4.79 Å². The van der Waals surface area contributed by atoms with E-state index in [2.05, 4.69) is 30.7 Å². The Morgan fingerprint density at radius 3 is 2.57 bits per heavy atom. The molecular weight excluding hydrogens is 266 g/mol. The topological polar surface area (TPSA) is 98.1 Å². The molecule has 0 bridgehead atoms. The SMILES string of the molecule is Cc1c(N)nc(C(C)(C)C)nc1N1CCCC(C(N)=O)C1. The molecule has 2 rings (SSSR count). The highest BCUT2D eigenvalue weighted by Crippen LogP contribution is 2.29. The summed E-state index contributed by atoms with van der Waals surface area (Å²) in [6, 6.07) is 0. The minimum atomic E-state index is -0.240. The predicted octanol–water partition coefficient (Wildman–Crippen LogP) is 1.37. The molecule has 1 aliphatic heterocycles. The van der Waals surface area contributed by atoms with Crippen molar-refractivity contribution in [2.75, 3.05) is 23.7 Å². The molecule has 1 saturated heterocycles. The van der Waals surface area contributed by atoms with E-state index in [4.69, 9.17) is 16.5 Å². The molecule has 1 aromatic heterocycles. The van der Waals surface area contributed by atoms with Gasteiger partial charge in [0, 0.05) is 24.1 Å². The summed E-state index contributed by atoms with van der Waals surface area (Å²) in [5.41, 5.74) is 12.2. The molecule has 1 unspecified atom stereocenters. The fourth-order valence-electron chi connectivity index (χ4n) is 2.57. The average Bonchev–Trinajstić information content (AvgIpc) is 2.40. The lowest BCUT2D eigenvalue weighted by molar-refractivity contribution is -0.122. The summed E-state index contributed by atoms with van der Waals surface area (Å²) in [5, 5.41) is 0. The van der Waals surface area contributed by atoms with Crippen molar-refractivity contribution in [3.63, 3.8) is 0 Å². The Bertz CT molecular complexity index is 550. The smallest absolute Gasteiger partial charge is 0.222 e. The first-order valence-electron chi connectivity index (χ1n) is 7.39. The van der Waals surface area contributed by atoms with E-state index in [0.29, 0.717) is 12.4 Å². The first-order chi connectivity index (χ1) is 9.70. The Morgan fingerprint density at radius 2 is 2.00 bits per heavy atom. The zero-order chi connectivity index (χ0) is 15.8. The van der Waals surface area contributed by atoms with E-state index < -0.39 is 0 Å². The van der Waals surface area contributed by atoms with Crippen LogP contribution in [0.4, 0.5) is 11.6 Å². The molecule has 6 heteroatoms. The van der Waals surface area contributed by atoms with Gasteiger partial charge in [-0.15, -0.1) is 0 Å². The van der Waals surface area contributed by atoms with Gasteiger partial charge >= 0.3 is 0 Å². The molecule has 0 aromatic carbocycles. The molecule has 116 valence electrons. The number of primary amides is 1. The maximum atomic E-state index is 11.4. The standard InChI is InChI=1S/C15H25N5O/c1-9-11(16)18-14(15(2,3)4)19-13(9)20-7-5-6-10(8-20)12(17)21/h10H,5-8H2,1-4H3,(H2,17,21)(H2,16,18,19). The third kappa shape index (κ3) is 3.25. The van der Waals surface area contributed by atoms with Crippen molar-refractivity contribution in [3.8, 4) is 0 Å². The van der Waals surface area contributed by atoms with Crippen molar-refractivity contribution in [2.24, 2.45) is 11.7 Å². The zero-order valence-corrected chi connectivity index (χ0v) is 13.3. The van der Waals surface area contributed by atoms with Crippen LogP contribution < -0.4 is 16.4 Å². The largest absolute Gasteiger partial charge is 0.383 e. The van der Waals surface area contributed by atoms with E-state index in [-0.39, 0.29) is 17.2 Å². The van der Waals surface area contributed by atoms with Crippen LogP contribution in [-0.4, -0.2) is 29.0 Å². The molecule has 1 aliphatic rings. The normalized spacial score (nSPS) is 19.6. The number of carbonyl (C=O) groups excluding carboxylic acids is 1. The van der Waals surface area contributed by atoms with Gasteiger partial charge in [0.1, 0.15) is 17.5 Å². The Balaban J connectivity index is 2.38. The molecule has 1 fully saturated rings. The first kappa shape index (κ1) is 15.5. The molecule has 4 N–H and O–H groups in total. The van der Waals surface area contributed by atoms with Crippen LogP contribution in [0.2, 0.25) is 0 Å². The summed E-state index contributed by atoms with van der Waals surface area (Å²) in [7, 11) is 0. The maximum Gasteiger partial charge on any atom is 0.222 e. The number of aromatic nitrogens is 2. The van der Waals surface area contributed by atoms with Crippen LogP contribution in [-0.2, 0) is 10.2 Å². The number of piperidine rings is 1. The summed E-state index contributed by atoms with van der Waals surface area (Å²) in [4.78, 5) is 22.7. The zero-order valence-electron chi connectivity index (χ0n) is 13.3. The van der Waals surface area contributed by atoms with E-state index >= 15 is 0 Å². The van der Waals surface area contributed by atoms with E-state index in [9.17, 15) is 4.79 Å². The second kappa shape index (κ2) is 5.50. The monoisotopic (exact) mass is 291 g/mol. The summed E-state index contributed by atoms with van der Waals surface area (Å²) < 4.78 is 0. The van der Waals surface area contributed by atoms with Gasteiger partial charge in [0.25, 0.3) is 0 Å². The molecule has 1 atom stereocenters. The van der Waals surface area contributed by atoms with Gasteiger partial charge in [-0.2, -0.15) is 0 Å². The van der Waals surface area contributed by atoms with Crippen molar-refractivity contribution in [1.82, 2.24) is 9.97 Å². The van der Waals surface area contributed by atoms with Crippen LogP contribution in [0, 0.1) is 12.8 Å². The summed E-state index contributed by atoms with van der Waals surface area (Å²) >= 11 is 0. The van der Waals surface area contributed by atoms with Gasteiger partial charge in [-0.05, 0) is 19.8 Å². The number of nitrogen functional groups attached to an aromatic ring is 1. The van der Waals surface area contributed by atoms with E-state index in [1.165, 1.54) is 0 Å². The van der Waals surface area contributed by atoms with E-state index in [0.717, 1.165) is 36.6 Å².